The standard InChI is InChI=1S/C17H22N4O3S/c22-17(16-14-3-1-2-4-15(14)19-20-16)18-12-5-8-21(9-6-12)13-7-10-25(23,24)11-13/h1-4,12-13H,5-11H2,(H,18,22)(H,19,20). The molecule has 1 aromatic carbocycles. The summed E-state index contributed by atoms with van der Waals surface area (Å²) in [5.41, 5.74) is 1.28. The third-order valence-corrected chi connectivity index (χ3v) is 7.03. The van der Waals surface area contributed by atoms with E-state index in [9.17, 15) is 13.2 Å². The molecule has 25 heavy (non-hydrogen) atoms. The van der Waals surface area contributed by atoms with Gasteiger partial charge in [-0.2, -0.15) is 5.10 Å². The van der Waals surface area contributed by atoms with E-state index in [4.69, 9.17) is 0 Å². The van der Waals surface area contributed by atoms with Gasteiger partial charge in [0.25, 0.3) is 5.91 Å². The summed E-state index contributed by atoms with van der Waals surface area (Å²) in [6.07, 6.45) is 2.41. The molecule has 2 aliphatic heterocycles. The number of aromatic nitrogens is 2. The second kappa shape index (κ2) is 6.42. The van der Waals surface area contributed by atoms with Crippen molar-refractivity contribution in [3.05, 3.63) is 30.0 Å². The Kier molecular flexibility index (Phi) is 4.24. The lowest BCUT2D eigenvalue weighted by Crippen LogP contribution is -2.48. The predicted octanol–water partition coefficient (Wildman–Crippen LogP) is 0.944. The number of hydrogen-bond donors (Lipinski definition) is 2. The van der Waals surface area contributed by atoms with E-state index in [1.54, 1.807) is 0 Å². The summed E-state index contributed by atoms with van der Waals surface area (Å²) in [6, 6.07) is 7.84. The van der Waals surface area contributed by atoms with Gasteiger partial charge >= 0.3 is 0 Å². The van der Waals surface area contributed by atoms with Gasteiger partial charge < -0.3 is 5.32 Å². The van der Waals surface area contributed by atoms with E-state index in [-0.39, 0.29) is 23.7 Å². The first kappa shape index (κ1) is 16.5. The Bertz CT molecular complexity index is 884. The van der Waals surface area contributed by atoms with Crippen molar-refractivity contribution in [1.82, 2.24) is 20.4 Å². The zero-order valence-corrected chi connectivity index (χ0v) is 14.8. The van der Waals surface area contributed by atoms with Crippen LogP contribution in [-0.2, 0) is 9.84 Å². The second-order valence-electron chi connectivity index (χ2n) is 6.96. The Morgan fingerprint density at radius 1 is 1.20 bits per heavy atom. The van der Waals surface area contributed by atoms with E-state index in [1.165, 1.54) is 0 Å². The summed E-state index contributed by atoms with van der Waals surface area (Å²) < 4.78 is 23.3. The molecular formula is C17H22N4O3S. The fraction of sp³-hybridized carbons (Fsp3) is 0.529. The van der Waals surface area contributed by atoms with E-state index >= 15 is 0 Å². The van der Waals surface area contributed by atoms with Gasteiger partial charge in [-0.1, -0.05) is 18.2 Å². The average molecular weight is 362 g/mol. The van der Waals surface area contributed by atoms with Gasteiger partial charge in [0.05, 0.1) is 17.0 Å². The number of hydrogen-bond acceptors (Lipinski definition) is 5. The molecule has 2 aliphatic rings. The zero-order chi connectivity index (χ0) is 17.4. The van der Waals surface area contributed by atoms with Gasteiger partial charge in [0.2, 0.25) is 0 Å². The Hall–Kier alpha value is -1.93. The van der Waals surface area contributed by atoms with E-state index in [0.717, 1.165) is 43.3 Å². The molecule has 3 heterocycles. The summed E-state index contributed by atoms with van der Waals surface area (Å²) >= 11 is 0. The molecule has 0 aliphatic carbocycles. The number of nitrogens with zero attached hydrogens (tertiary/aromatic N) is 2. The van der Waals surface area contributed by atoms with Crippen molar-refractivity contribution >= 4 is 26.6 Å². The quantitative estimate of drug-likeness (QED) is 0.847. The largest absolute Gasteiger partial charge is 0.348 e. The number of rotatable bonds is 3. The maximum absolute atomic E-state index is 12.5. The molecule has 1 aromatic heterocycles. The molecule has 7 nitrogen and oxygen atoms in total. The molecule has 2 saturated heterocycles. The van der Waals surface area contributed by atoms with Crippen LogP contribution >= 0.6 is 0 Å². The summed E-state index contributed by atoms with van der Waals surface area (Å²) in [5, 5.41) is 10.9. The number of benzene rings is 1. The number of carbonyl (C=O) groups is 1. The van der Waals surface area contributed by atoms with Crippen molar-refractivity contribution in [3.63, 3.8) is 0 Å². The van der Waals surface area contributed by atoms with Crippen LogP contribution < -0.4 is 5.32 Å². The van der Waals surface area contributed by atoms with Gasteiger partial charge in [-0.25, -0.2) is 8.42 Å². The molecule has 134 valence electrons. The Balaban J connectivity index is 1.35. The highest BCUT2D eigenvalue weighted by Crippen LogP contribution is 2.22. The lowest BCUT2D eigenvalue weighted by atomic mass is 10.0. The molecule has 0 spiro atoms. The molecule has 0 saturated carbocycles. The van der Waals surface area contributed by atoms with Crippen molar-refractivity contribution in [2.45, 2.75) is 31.3 Å². The maximum atomic E-state index is 12.5. The summed E-state index contributed by atoms with van der Waals surface area (Å²) in [7, 11) is -2.85. The normalized spacial score (nSPS) is 24.6. The van der Waals surface area contributed by atoms with Crippen LogP contribution in [0.25, 0.3) is 10.9 Å². The molecule has 8 heteroatoms. The molecule has 1 atom stereocenters. The van der Waals surface area contributed by atoms with Crippen molar-refractivity contribution < 1.29 is 13.2 Å². The van der Waals surface area contributed by atoms with Gasteiger partial charge in [0.1, 0.15) is 0 Å². The van der Waals surface area contributed by atoms with Crippen LogP contribution in [0.3, 0.4) is 0 Å². The second-order valence-corrected chi connectivity index (χ2v) is 9.19. The molecule has 4 rings (SSSR count). The SMILES string of the molecule is O=C(NC1CCN(C2CCS(=O)(=O)C2)CC1)c1n[nH]c2ccccc12. The van der Waals surface area contributed by atoms with Crippen LogP contribution in [0.15, 0.2) is 24.3 Å². The minimum absolute atomic E-state index is 0.109. The van der Waals surface area contributed by atoms with Gasteiger partial charge in [0, 0.05) is 30.6 Å². The first-order valence-electron chi connectivity index (χ1n) is 8.70. The molecule has 2 aromatic rings. The fourth-order valence-electron chi connectivity index (χ4n) is 3.86. The Morgan fingerprint density at radius 3 is 2.68 bits per heavy atom. The van der Waals surface area contributed by atoms with Crippen molar-refractivity contribution in [2.24, 2.45) is 0 Å². The number of sulfone groups is 1. The van der Waals surface area contributed by atoms with E-state index in [0.29, 0.717) is 11.4 Å². The van der Waals surface area contributed by atoms with E-state index in [2.05, 4.69) is 20.4 Å². The maximum Gasteiger partial charge on any atom is 0.272 e. The lowest BCUT2D eigenvalue weighted by molar-refractivity contribution is 0.0894. The first-order valence-corrected chi connectivity index (χ1v) is 10.5. The number of fused-ring (bicyclic) bond motifs is 1. The highest BCUT2D eigenvalue weighted by molar-refractivity contribution is 7.91. The van der Waals surface area contributed by atoms with Gasteiger partial charge in [-0.05, 0) is 25.3 Å². The van der Waals surface area contributed by atoms with Gasteiger partial charge in [-0.3, -0.25) is 14.8 Å². The van der Waals surface area contributed by atoms with Crippen molar-refractivity contribution in [3.8, 4) is 0 Å². The summed E-state index contributed by atoms with van der Waals surface area (Å²) in [5.74, 6) is 0.434. The van der Waals surface area contributed by atoms with Crippen LogP contribution in [-0.4, -0.2) is 66.1 Å². The first-order chi connectivity index (χ1) is 12.0. The third-order valence-electron chi connectivity index (χ3n) is 5.27. The minimum atomic E-state index is -2.85. The Morgan fingerprint density at radius 2 is 1.96 bits per heavy atom. The molecular weight excluding hydrogens is 340 g/mol. The van der Waals surface area contributed by atoms with Crippen LogP contribution in [0.4, 0.5) is 0 Å². The molecule has 1 unspecified atom stereocenters. The highest BCUT2D eigenvalue weighted by Gasteiger charge is 2.34. The number of amides is 1. The molecule has 1 amide bonds. The average Bonchev–Trinajstić information content (AvgIpc) is 3.19. The van der Waals surface area contributed by atoms with Gasteiger partial charge in [-0.15, -0.1) is 0 Å². The summed E-state index contributed by atoms with van der Waals surface area (Å²) in [6.45, 7) is 1.65. The summed E-state index contributed by atoms with van der Waals surface area (Å²) in [4.78, 5) is 14.8. The monoisotopic (exact) mass is 362 g/mol. The third kappa shape index (κ3) is 3.41. The highest BCUT2D eigenvalue weighted by atomic mass is 32.2. The smallest absolute Gasteiger partial charge is 0.272 e. The number of piperidine rings is 1. The van der Waals surface area contributed by atoms with E-state index < -0.39 is 9.84 Å². The van der Waals surface area contributed by atoms with Crippen LogP contribution in [0.5, 0.6) is 0 Å². The molecule has 2 fully saturated rings. The molecule has 0 bridgehead atoms. The minimum Gasteiger partial charge on any atom is -0.348 e. The topological polar surface area (TPSA) is 95.2 Å². The Labute approximate surface area is 146 Å². The number of H-pyrrole nitrogens is 1. The number of likely N-dealkylation sites (tertiary alicyclic amines) is 1. The number of para-hydroxylation sites is 1. The number of aromatic amines is 1. The van der Waals surface area contributed by atoms with Gasteiger partial charge in [0.15, 0.2) is 15.5 Å². The predicted molar refractivity (Wildman–Crippen MR) is 95.2 cm³/mol. The zero-order valence-electron chi connectivity index (χ0n) is 13.9. The fourth-order valence-corrected chi connectivity index (χ4v) is 5.62. The van der Waals surface area contributed by atoms with Crippen molar-refractivity contribution in [2.75, 3.05) is 24.6 Å². The van der Waals surface area contributed by atoms with Crippen LogP contribution in [0, 0.1) is 0 Å². The van der Waals surface area contributed by atoms with Crippen molar-refractivity contribution in [1.29, 1.82) is 0 Å². The number of nitrogens with one attached hydrogen (secondary N) is 2. The molecule has 0 radical (unpaired) electrons. The van der Waals surface area contributed by atoms with Crippen LogP contribution in [0.1, 0.15) is 29.8 Å². The number of carbonyl (C=O) groups excluding carboxylic acids is 1. The lowest BCUT2D eigenvalue weighted by Gasteiger charge is -2.35. The van der Waals surface area contributed by atoms with Crippen LogP contribution in [0.2, 0.25) is 0 Å². The molecule has 2 N–H and O–H groups in total. The van der Waals surface area contributed by atoms with E-state index in [1.807, 2.05) is 24.3 Å².